The van der Waals surface area contributed by atoms with Gasteiger partial charge in [0.1, 0.15) is 0 Å². The molecule has 64 valence electrons. The maximum absolute atomic E-state index is 3.35. The van der Waals surface area contributed by atoms with Crippen LogP contribution >= 0.6 is 11.8 Å². The molecule has 0 bridgehead atoms. The van der Waals surface area contributed by atoms with Crippen LogP contribution in [0.4, 0.5) is 0 Å². The molecular formula is C10H13NS. The molecule has 0 radical (unpaired) electrons. The van der Waals surface area contributed by atoms with E-state index >= 15 is 0 Å². The third-order valence-electron chi connectivity index (χ3n) is 2.35. The van der Waals surface area contributed by atoms with Crippen LogP contribution in [-0.2, 0) is 0 Å². The fraction of sp³-hybridized carbons (Fsp3) is 0.400. The first-order chi connectivity index (χ1) is 5.83. The minimum absolute atomic E-state index is 0.534. The predicted octanol–water partition coefficient (Wildman–Crippen LogP) is 2.44. The zero-order chi connectivity index (χ0) is 8.55. The van der Waals surface area contributed by atoms with Crippen LogP contribution in [0, 0.1) is 0 Å². The van der Waals surface area contributed by atoms with Crippen molar-refractivity contribution in [1.29, 1.82) is 0 Å². The van der Waals surface area contributed by atoms with E-state index in [1.165, 1.54) is 10.5 Å². The summed E-state index contributed by atoms with van der Waals surface area (Å²) in [6.45, 7) is 2.27. The van der Waals surface area contributed by atoms with Crippen LogP contribution in [0.1, 0.15) is 18.5 Å². The lowest BCUT2D eigenvalue weighted by atomic mass is 10.1. The zero-order valence-corrected chi connectivity index (χ0v) is 8.19. The van der Waals surface area contributed by atoms with Crippen molar-refractivity contribution in [2.24, 2.45) is 0 Å². The first-order valence-electron chi connectivity index (χ1n) is 4.26. The van der Waals surface area contributed by atoms with Crippen LogP contribution in [0.2, 0.25) is 0 Å². The van der Waals surface area contributed by atoms with E-state index in [9.17, 15) is 0 Å². The molecule has 0 aromatic heterocycles. The van der Waals surface area contributed by atoms with Gasteiger partial charge >= 0.3 is 0 Å². The fourth-order valence-corrected chi connectivity index (χ4v) is 3.06. The second-order valence-corrected chi connectivity index (χ2v) is 4.55. The Labute approximate surface area is 77.6 Å². The van der Waals surface area contributed by atoms with E-state index in [0.717, 1.165) is 0 Å². The standard InChI is InChI=1S/C10H13NS/c1-7-10(11-2)8-5-3-4-6-9(8)12-7/h3-7,10-11H,1-2H3. The molecule has 1 aliphatic rings. The molecule has 0 saturated heterocycles. The van der Waals surface area contributed by atoms with Crippen LogP contribution in [0.25, 0.3) is 0 Å². The van der Waals surface area contributed by atoms with Crippen molar-refractivity contribution in [3.63, 3.8) is 0 Å². The molecule has 0 saturated carbocycles. The maximum atomic E-state index is 3.35. The zero-order valence-electron chi connectivity index (χ0n) is 7.37. The minimum Gasteiger partial charge on any atom is -0.312 e. The van der Waals surface area contributed by atoms with Crippen molar-refractivity contribution in [2.75, 3.05) is 7.05 Å². The third kappa shape index (κ3) is 1.15. The van der Waals surface area contributed by atoms with Gasteiger partial charge in [-0.1, -0.05) is 25.1 Å². The molecule has 1 aliphatic heterocycles. The fourth-order valence-electron chi connectivity index (χ4n) is 1.76. The van der Waals surface area contributed by atoms with Crippen LogP contribution < -0.4 is 5.32 Å². The number of rotatable bonds is 1. The Hall–Kier alpha value is -0.470. The summed E-state index contributed by atoms with van der Waals surface area (Å²) >= 11 is 1.96. The quantitative estimate of drug-likeness (QED) is 0.710. The van der Waals surface area contributed by atoms with E-state index in [0.29, 0.717) is 11.3 Å². The number of hydrogen-bond donors (Lipinski definition) is 1. The van der Waals surface area contributed by atoms with Gasteiger partial charge in [-0.15, -0.1) is 11.8 Å². The highest BCUT2D eigenvalue weighted by Crippen LogP contribution is 2.43. The van der Waals surface area contributed by atoms with Crippen molar-refractivity contribution in [3.05, 3.63) is 29.8 Å². The molecule has 2 unspecified atom stereocenters. The van der Waals surface area contributed by atoms with Crippen LogP contribution in [0.15, 0.2) is 29.2 Å². The Morgan fingerprint density at radius 2 is 2.08 bits per heavy atom. The normalized spacial score (nSPS) is 27.2. The maximum Gasteiger partial charge on any atom is 0.0450 e. The molecule has 0 fully saturated rings. The highest BCUT2D eigenvalue weighted by Gasteiger charge is 2.27. The molecule has 1 N–H and O–H groups in total. The van der Waals surface area contributed by atoms with Gasteiger partial charge in [0.2, 0.25) is 0 Å². The van der Waals surface area contributed by atoms with Crippen molar-refractivity contribution in [2.45, 2.75) is 23.1 Å². The summed E-state index contributed by atoms with van der Waals surface area (Å²) in [5.41, 5.74) is 1.46. The van der Waals surface area contributed by atoms with Crippen molar-refractivity contribution < 1.29 is 0 Å². The lowest BCUT2D eigenvalue weighted by molar-refractivity contribution is 0.595. The molecule has 0 aliphatic carbocycles. The molecule has 0 amide bonds. The topological polar surface area (TPSA) is 12.0 Å². The Morgan fingerprint density at radius 3 is 2.83 bits per heavy atom. The number of thioether (sulfide) groups is 1. The van der Waals surface area contributed by atoms with Gasteiger partial charge in [-0.25, -0.2) is 0 Å². The molecule has 0 spiro atoms. The van der Waals surface area contributed by atoms with Gasteiger partial charge in [0.15, 0.2) is 0 Å². The number of hydrogen-bond acceptors (Lipinski definition) is 2. The number of benzene rings is 1. The number of fused-ring (bicyclic) bond motifs is 1. The van der Waals surface area contributed by atoms with Crippen molar-refractivity contribution in [1.82, 2.24) is 5.32 Å². The minimum atomic E-state index is 0.534. The van der Waals surface area contributed by atoms with E-state index < -0.39 is 0 Å². The van der Waals surface area contributed by atoms with E-state index in [2.05, 4.69) is 36.5 Å². The Kier molecular flexibility index (Phi) is 2.11. The van der Waals surface area contributed by atoms with Gasteiger partial charge in [-0.3, -0.25) is 0 Å². The van der Waals surface area contributed by atoms with Gasteiger partial charge in [0.05, 0.1) is 0 Å². The average molecular weight is 179 g/mol. The molecule has 1 nitrogen and oxygen atoms in total. The summed E-state index contributed by atoms with van der Waals surface area (Å²) in [7, 11) is 2.03. The molecule has 2 rings (SSSR count). The smallest absolute Gasteiger partial charge is 0.0450 e. The first-order valence-corrected chi connectivity index (χ1v) is 5.13. The first kappa shape index (κ1) is 8.14. The van der Waals surface area contributed by atoms with E-state index in [4.69, 9.17) is 0 Å². The molecular weight excluding hydrogens is 166 g/mol. The molecule has 2 atom stereocenters. The van der Waals surface area contributed by atoms with E-state index in [1.54, 1.807) is 0 Å². The molecule has 1 aromatic rings. The molecule has 1 aromatic carbocycles. The Bertz CT molecular complexity index is 285. The highest BCUT2D eigenvalue weighted by atomic mass is 32.2. The van der Waals surface area contributed by atoms with Crippen molar-refractivity contribution in [3.8, 4) is 0 Å². The summed E-state index contributed by atoms with van der Waals surface area (Å²) in [5, 5.41) is 4.01. The van der Waals surface area contributed by atoms with Crippen LogP contribution in [0.5, 0.6) is 0 Å². The second kappa shape index (κ2) is 3.11. The van der Waals surface area contributed by atoms with Crippen molar-refractivity contribution >= 4 is 11.8 Å². The predicted molar refractivity (Wildman–Crippen MR) is 53.6 cm³/mol. The SMILES string of the molecule is CNC1c2ccccc2SC1C. The summed E-state index contributed by atoms with van der Waals surface area (Å²) in [6.07, 6.45) is 0. The van der Waals surface area contributed by atoms with E-state index in [1.807, 2.05) is 18.8 Å². The molecule has 1 heterocycles. The average Bonchev–Trinajstić information content (AvgIpc) is 2.40. The van der Waals surface area contributed by atoms with Gasteiger partial charge in [-0.2, -0.15) is 0 Å². The van der Waals surface area contributed by atoms with E-state index in [-0.39, 0.29) is 0 Å². The monoisotopic (exact) mass is 179 g/mol. The van der Waals surface area contributed by atoms with Gasteiger partial charge < -0.3 is 5.32 Å². The van der Waals surface area contributed by atoms with Gasteiger partial charge in [0.25, 0.3) is 0 Å². The number of nitrogens with one attached hydrogen (secondary N) is 1. The summed E-state index contributed by atoms with van der Waals surface area (Å²) in [4.78, 5) is 1.43. The van der Waals surface area contributed by atoms with Crippen LogP contribution in [-0.4, -0.2) is 12.3 Å². The summed E-state index contributed by atoms with van der Waals surface area (Å²) in [5.74, 6) is 0. The third-order valence-corrected chi connectivity index (χ3v) is 3.62. The lowest BCUT2D eigenvalue weighted by Crippen LogP contribution is -2.21. The highest BCUT2D eigenvalue weighted by molar-refractivity contribution is 8.00. The van der Waals surface area contributed by atoms with Gasteiger partial charge in [0, 0.05) is 16.2 Å². The van der Waals surface area contributed by atoms with Crippen LogP contribution in [0.3, 0.4) is 0 Å². The second-order valence-electron chi connectivity index (χ2n) is 3.13. The summed E-state index contributed by atoms with van der Waals surface area (Å²) in [6, 6.07) is 9.17. The molecule has 2 heteroatoms. The Balaban J connectivity index is 2.40. The largest absolute Gasteiger partial charge is 0.312 e. The molecule has 12 heavy (non-hydrogen) atoms. The lowest BCUT2D eigenvalue weighted by Gasteiger charge is -2.13. The summed E-state index contributed by atoms with van der Waals surface area (Å²) < 4.78 is 0. The van der Waals surface area contributed by atoms with Gasteiger partial charge in [-0.05, 0) is 18.7 Å². The Morgan fingerprint density at radius 1 is 1.33 bits per heavy atom.